The van der Waals surface area contributed by atoms with Gasteiger partial charge in [0.25, 0.3) is 0 Å². The van der Waals surface area contributed by atoms with Crippen LogP contribution in [0.4, 0.5) is 0 Å². The molecule has 0 saturated heterocycles. The minimum absolute atomic E-state index is 0.228. The molecule has 1 rings (SSSR count). The van der Waals surface area contributed by atoms with Crippen molar-refractivity contribution >= 4 is 39.3 Å². The minimum atomic E-state index is 0.228. The van der Waals surface area contributed by atoms with Crippen molar-refractivity contribution in [3.63, 3.8) is 0 Å². The summed E-state index contributed by atoms with van der Waals surface area (Å²) >= 11 is 10.6. The Balaban J connectivity index is 3.29. The van der Waals surface area contributed by atoms with Gasteiger partial charge in [-0.15, -0.1) is 11.8 Å². The second kappa shape index (κ2) is 3.70. The summed E-state index contributed by atoms with van der Waals surface area (Å²) in [6.07, 6.45) is 1.87. The van der Waals surface area contributed by atoms with Crippen molar-refractivity contribution in [2.75, 3.05) is 6.26 Å². The maximum Gasteiger partial charge on any atom is 0.130 e. The molecule has 0 atom stereocenters. The van der Waals surface area contributed by atoms with E-state index in [2.05, 4.69) is 15.9 Å². The Morgan fingerprint density at radius 2 is 2.18 bits per heavy atom. The summed E-state index contributed by atoms with van der Waals surface area (Å²) in [7, 11) is 0. The lowest BCUT2D eigenvalue weighted by atomic mass is 10.3. The third kappa shape index (κ3) is 1.83. The zero-order valence-electron chi connectivity index (χ0n) is 5.77. The van der Waals surface area contributed by atoms with Crippen molar-refractivity contribution in [1.29, 1.82) is 0 Å². The monoisotopic (exact) mass is 252 g/mol. The van der Waals surface area contributed by atoms with Crippen LogP contribution in [0.25, 0.3) is 0 Å². The highest BCUT2D eigenvalue weighted by Crippen LogP contribution is 2.38. The molecule has 0 bridgehead atoms. The molecule has 0 spiro atoms. The van der Waals surface area contributed by atoms with Crippen molar-refractivity contribution in [2.24, 2.45) is 0 Å². The number of phenolic OH excluding ortho intramolecular Hbond substituents is 1. The van der Waals surface area contributed by atoms with E-state index in [-0.39, 0.29) is 5.75 Å². The lowest BCUT2D eigenvalue weighted by Gasteiger charge is -2.04. The molecule has 0 aromatic heterocycles. The van der Waals surface area contributed by atoms with Crippen LogP contribution in [0.1, 0.15) is 0 Å². The number of rotatable bonds is 1. The Bertz CT molecular complexity index is 277. The van der Waals surface area contributed by atoms with Crippen LogP contribution in [-0.2, 0) is 0 Å². The van der Waals surface area contributed by atoms with E-state index in [1.807, 2.05) is 6.26 Å². The second-order valence-corrected chi connectivity index (χ2v) is 3.96. The van der Waals surface area contributed by atoms with Gasteiger partial charge in [0.2, 0.25) is 0 Å². The Morgan fingerprint density at radius 3 is 2.64 bits per heavy atom. The topological polar surface area (TPSA) is 20.2 Å². The first-order valence-electron chi connectivity index (χ1n) is 2.87. The molecule has 0 aliphatic heterocycles. The zero-order valence-corrected chi connectivity index (χ0v) is 8.92. The van der Waals surface area contributed by atoms with Crippen LogP contribution < -0.4 is 0 Å². The zero-order chi connectivity index (χ0) is 8.43. The molecule has 0 aliphatic carbocycles. The van der Waals surface area contributed by atoms with Crippen LogP contribution in [0.3, 0.4) is 0 Å². The number of aromatic hydroxyl groups is 1. The van der Waals surface area contributed by atoms with Crippen molar-refractivity contribution in [3.05, 3.63) is 21.6 Å². The summed E-state index contributed by atoms with van der Waals surface area (Å²) in [4.78, 5) is 0.709. The molecule has 1 N–H and O–H groups in total. The number of phenols is 1. The van der Waals surface area contributed by atoms with Crippen molar-refractivity contribution in [3.8, 4) is 5.75 Å². The summed E-state index contributed by atoms with van der Waals surface area (Å²) in [6, 6.07) is 3.33. The largest absolute Gasteiger partial charge is 0.507 e. The molecule has 60 valence electrons. The van der Waals surface area contributed by atoms with Gasteiger partial charge in [0.1, 0.15) is 5.75 Å². The highest BCUT2D eigenvalue weighted by atomic mass is 79.9. The number of hydrogen-bond acceptors (Lipinski definition) is 2. The van der Waals surface area contributed by atoms with Gasteiger partial charge in [-0.2, -0.15) is 0 Å². The first-order valence-corrected chi connectivity index (χ1v) is 5.27. The fraction of sp³-hybridized carbons (Fsp3) is 0.143. The van der Waals surface area contributed by atoms with E-state index in [9.17, 15) is 5.11 Å². The van der Waals surface area contributed by atoms with Crippen molar-refractivity contribution in [1.82, 2.24) is 0 Å². The molecule has 0 radical (unpaired) electrons. The van der Waals surface area contributed by atoms with E-state index < -0.39 is 0 Å². The average Bonchev–Trinajstić information content (AvgIpc) is 1.99. The van der Waals surface area contributed by atoms with Crippen LogP contribution in [0.15, 0.2) is 21.5 Å². The number of benzene rings is 1. The van der Waals surface area contributed by atoms with Gasteiger partial charge >= 0.3 is 0 Å². The summed E-state index contributed by atoms with van der Waals surface area (Å²) in [5.41, 5.74) is 0. The van der Waals surface area contributed by atoms with Gasteiger partial charge in [-0.1, -0.05) is 11.6 Å². The quantitative estimate of drug-likeness (QED) is 0.773. The third-order valence-electron chi connectivity index (χ3n) is 1.23. The Kier molecular flexibility index (Phi) is 3.10. The van der Waals surface area contributed by atoms with E-state index in [4.69, 9.17) is 11.6 Å². The Labute approximate surface area is 82.9 Å². The second-order valence-electron chi connectivity index (χ2n) is 1.91. The van der Waals surface area contributed by atoms with Gasteiger partial charge in [-0.25, -0.2) is 0 Å². The number of halogens is 2. The smallest absolute Gasteiger partial charge is 0.130 e. The first-order chi connectivity index (χ1) is 5.16. The maximum atomic E-state index is 9.29. The molecular formula is C7H6BrClOS. The van der Waals surface area contributed by atoms with Crippen molar-refractivity contribution < 1.29 is 5.11 Å². The standard InChI is InChI=1S/C7H6BrClOS/c1-11-7-5(10)3-2-4(8)6(7)9/h2-3,10H,1H3. The summed E-state index contributed by atoms with van der Waals surface area (Å²) in [6.45, 7) is 0. The molecule has 0 fully saturated rings. The molecule has 0 amide bonds. The lowest BCUT2D eigenvalue weighted by molar-refractivity contribution is 0.462. The van der Waals surface area contributed by atoms with Gasteiger partial charge in [0.05, 0.1) is 9.92 Å². The fourth-order valence-corrected chi connectivity index (χ4v) is 2.14. The molecule has 1 aromatic carbocycles. The molecule has 4 heteroatoms. The summed E-state index contributed by atoms with van der Waals surface area (Å²) in [5, 5.41) is 9.86. The summed E-state index contributed by atoms with van der Waals surface area (Å²) < 4.78 is 0.807. The Hall–Kier alpha value is 0.140. The molecule has 11 heavy (non-hydrogen) atoms. The molecular weight excluding hydrogens is 247 g/mol. The van der Waals surface area contributed by atoms with Gasteiger partial charge in [0, 0.05) is 4.47 Å². The van der Waals surface area contributed by atoms with Gasteiger partial charge in [-0.3, -0.25) is 0 Å². The SMILES string of the molecule is CSc1c(O)ccc(Br)c1Cl. The molecule has 0 unspecified atom stereocenters. The van der Waals surface area contributed by atoms with Crippen LogP contribution in [-0.4, -0.2) is 11.4 Å². The molecule has 1 aromatic rings. The minimum Gasteiger partial charge on any atom is -0.507 e. The normalized spacial score (nSPS) is 10.1. The highest BCUT2D eigenvalue weighted by molar-refractivity contribution is 9.10. The molecule has 1 nitrogen and oxygen atoms in total. The highest BCUT2D eigenvalue weighted by Gasteiger charge is 2.07. The van der Waals surface area contributed by atoms with Gasteiger partial charge < -0.3 is 5.11 Å². The summed E-state index contributed by atoms with van der Waals surface area (Å²) in [5.74, 6) is 0.228. The number of hydrogen-bond donors (Lipinski definition) is 1. The molecule has 0 heterocycles. The van der Waals surface area contributed by atoms with Crippen LogP contribution in [0.5, 0.6) is 5.75 Å². The van der Waals surface area contributed by atoms with Gasteiger partial charge in [0.15, 0.2) is 0 Å². The number of thioether (sulfide) groups is 1. The maximum absolute atomic E-state index is 9.29. The lowest BCUT2D eigenvalue weighted by Crippen LogP contribution is -1.76. The molecule has 0 aliphatic rings. The predicted molar refractivity (Wildman–Crippen MR) is 52.6 cm³/mol. The fourth-order valence-electron chi connectivity index (χ4n) is 0.716. The van der Waals surface area contributed by atoms with E-state index in [0.29, 0.717) is 9.92 Å². The van der Waals surface area contributed by atoms with Crippen molar-refractivity contribution in [2.45, 2.75) is 4.90 Å². The van der Waals surface area contributed by atoms with Crippen LogP contribution in [0.2, 0.25) is 5.02 Å². The predicted octanol–water partition coefficient (Wildman–Crippen LogP) is 3.53. The first kappa shape index (κ1) is 9.23. The van der Waals surface area contributed by atoms with E-state index >= 15 is 0 Å². The van der Waals surface area contributed by atoms with Gasteiger partial charge in [-0.05, 0) is 34.3 Å². The average molecular weight is 254 g/mol. The Morgan fingerprint density at radius 1 is 1.55 bits per heavy atom. The van der Waals surface area contributed by atoms with E-state index in [0.717, 1.165) is 4.47 Å². The van der Waals surface area contributed by atoms with E-state index in [1.54, 1.807) is 12.1 Å². The molecule has 0 saturated carbocycles. The van der Waals surface area contributed by atoms with Crippen LogP contribution >= 0.6 is 39.3 Å². The third-order valence-corrected chi connectivity index (χ3v) is 3.45. The van der Waals surface area contributed by atoms with E-state index in [1.165, 1.54) is 11.8 Å². The van der Waals surface area contributed by atoms with Crippen LogP contribution in [0, 0.1) is 0 Å².